The minimum absolute atomic E-state index is 0.0353. The van der Waals surface area contributed by atoms with Crippen LogP contribution in [0, 0.1) is 0 Å². The number of carbonyl (C=O) groups is 2. The molecule has 4 amide bonds. The third-order valence-corrected chi connectivity index (χ3v) is 3.16. The highest BCUT2D eigenvalue weighted by molar-refractivity contribution is 5.84. The van der Waals surface area contributed by atoms with Gasteiger partial charge in [-0.3, -0.25) is 4.90 Å². The van der Waals surface area contributed by atoms with Crippen molar-refractivity contribution in [1.29, 1.82) is 0 Å². The van der Waals surface area contributed by atoms with Crippen molar-refractivity contribution in [3.63, 3.8) is 0 Å². The second-order valence-electron chi connectivity index (χ2n) is 4.07. The van der Waals surface area contributed by atoms with E-state index in [1.54, 1.807) is 16.8 Å². The summed E-state index contributed by atoms with van der Waals surface area (Å²) in [6.07, 6.45) is 0.405. The van der Waals surface area contributed by atoms with Crippen LogP contribution in [0.15, 0.2) is 0 Å². The normalized spacial score (nSPS) is 31.4. The van der Waals surface area contributed by atoms with Gasteiger partial charge in [0.15, 0.2) is 0 Å². The van der Waals surface area contributed by atoms with E-state index in [0.717, 1.165) is 6.42 Å². The molecule has 0 aromatic carbocycles. The first kappa shape index (κ1) is 10.1. The van der Waals surface area contributed by atoms with Crippen LogP contribution >= 0.6 is 0 Å². The molecule has 0 unspecified atom stereocenters. The number of hydrogen-bond donors (Lipinski definition) is 2. The summed E-state index contributed by atoms with van der Waals surface area (Å²) in [4.78, 5) is 26.4. The molecule has 2 heterocycles. The molecular formula is C9H16N4O2. The molecule has 2 N–H and O–H groups in total. The number of hydrogen-bond acceptors (Lipinski definition) is 2. The lowest BCUT2D eigenvalue weighted by atomic mass is 10.2. The number of carbonyl (C=O) groups excluding carboxylic acids is 2. The van der Waals surface area contributed by atoms with Gasteiger partial charge in [-0.05, 0) is 13.3 Å². The van der Waals surface area contributed by atoms with Crippen LogP contribution < -0.4 is 10.6 Å². The standard InChI is InChI=1S/C9H16N4O2/c1-4-5(2)13-7-6(10-8(14)11-7)12(3)9(13)15/h5-7H,4H2,1-3H3,(H2,10,11,14)/t5-,6-,7+/m0/s1. The number of nitrogens with one attached hydrogen (secondary N) is 2. The summed E-state index contributed by atoms with van der Waals surface area (Å²) >= 11 is 0. The van der Waals surface area contributed by atoms with Gasteiger partial charge in [-0.15, -0.1) is 0 Å². The Bertz CT molecular complexity index is 306. The van der Waals surface area contributed by atoms with E-state index in [9.17, 15) is 9.59 Å². The Morgan fingerprint density at radius 1 is 1.33 bits per heavy atom. The van der Waals surface area contributed by atoms with Crippen molar-refractivity contribution >= 4 is 12.1 Å². The zero-order valence-corrected chi connectivity index (χ0v) is 9.15. The molecule has 3 atom stereocenters. The maximum atomic E-state index is 11.9. The van der Waals surface area contributed by atoms with Crippen LogP contribution in [0.4, 0.5) is 9.59 Å². The van der Waals surface area contributed by atoms with Gasteiger partial charge in [-0.2, -0.15) is 0 Å². The van der Waals surface area contributed by atoms with E-state index >= 15 is 0 Å². The molecule has 0 bridgehead atoms. The smallest absolute Gasteiger partial charge is 0.314 e. The molecule has 0 radical (unpaired) electrons. The predicted molar refractivity (Wildman–Crippen MR) is 54.0 cm³/mol. The zero-order valence-electron chi connectivity index (χ0n) is 9.15. The summed E-state index contributed by atoms with van der Waals surface area (Å²) in [6.45, 7) is 4.01. The Hall–Kier alpha value is -1.46. The summed E-state index contributed by atoms with van der Waals surface area (Å²) in [5.41, 5.74) is 0. The molecule has 0 aromatic heterocycles. The lowest BCUT2D eigenvalue weighted by molar-refractivity contribution is 0.164. The van der Waals surface area contributed by atoms with Gasteiger partial charge in [0.05, 0.1) is 0 Å². The molecule has 2 rings (SSSR count). The first-order valence-corrected chi connectivity index (χ1v) is 5.18. The molecule has 84 valence electrons. The Balaban J connectivity index is 2.24. The number of amides is 4. The minimum atomic E-state index is -0.237. The van der Waals surface area contributed by atoms with Crippen molar-refractivity contribution in [3.8, 4) is 0 Å². The fraction of sp³-hybridized carbons (Fsp3) is 0.778. The molecule has 2 saturated heterocycles. The highest BCUT2D eigenvalue weighted by Gasteiger charge is 2.50. The van der Waals surface area contributed by atoms with Crippen LogP contribution in [-0.2, 0) is 0 Å². The van der Waals surface area contributed by atoms with Gasteiger partial charge >= 0.3 is 12.1 Å². The Morgan fingerprint density at radius 2 is 1.93 bits per heavy atom. The van der Waals surface area contributed by atoms with Crippen LogP contribution in [0.25, 0.3) is 0 Å². The molecule has 6 heteroatoms. The Kier molecular flexibility index (Phi) is 2.21. The second kappa shape index (κ2) is 3.29. The number of likely N-dealkylation sites (N-methyl/N-ethyl adjacent to an activating group) is 1. The molecular weight excluding hydrogens is 196 g/mol. The molecule has 6 nitrogen and oxygen atoms in total. The fourth-order valence-corrected chi connectivity index (χ4v) is 2.08. The summed E-state index contributed by atoms with van der Waals surface area (Å²) < 4.78 is 0. The van der Waals surface area contributed by atoms with Crippen molar-refractivity contribution in [2.45, 2.75) is 38.6 Å². The van der Waals surface area contributed by atoms with Crippen LogP contribution in [0.2, 0.25) is 0 Å². The number of rotatable bonds is 2. The van der Waals surface area contributed by atoms with Gasteiger partial charge < -0.3 is 15.5 Å². The van der Waals surface area contributed by atoms with Crippen LogP contribution in [0.5, 0.6) is 0 Å². The lowest BCUT2D eigenvalue weighted by Gasteiger charge is -2.27. The summed E-state index contributed by atoms with van der Waals surface area (Å²) in [5, 5.41) is 5.47. The van der Waals surface area contributed by atoms with Crippen molar-refractivity contribution < 1.29 is 9.59 Å². The second-order valence-corrected chi connectivity index (χ2v) is 4.07. The maximum absolute atomic E-state index is 11.9. The summed E-state index contributed by atoms with van der Waals surface area (Å²) in [7, 11) is 1.70. The zero-order chi connectivity index (χ0) is 11.2. The van der Waals surface area contributed by atoms with Crippen molar-refractivity contribution in [2.75, 3.05) is 7.05 Å². The van der Waals surface area contributed by atoms with E-state index in [-0.39, 0.29) is 30.4 Å². The molecule has 0 aromatic rings. The SMILES string of the molecule is CC[C@H](C)N1C(=O)N(C)[C@@H]2NC(=O)N[C@@H]21. The minimum Gasteiger partial charge on any atom is -0.314 e. The first-order valence-electron chi connectivity index (χ1n) is 5.18. The number of fused-ring (bicyclic) bond motifs is 1. The first-order chi connectivity index (χ1) is 7.06. The largest absolute Gasteiger partial charge is 0.323 e. The van der Waals surface area contributed by atoms with E-state index in [4.69, 9.17) is 0 Å². The molecule has 2 fully saturated rings. The lowest BCUT2D eigenvalue weighted by Crippen LogP contribution is -2.47. The summed E-state index contributed by atoms with van der Waals surface area (Å²) in [5.74, 6) is 0. The third kappa shape index (κ3) is 1.32. The number of nitrogens with zero attached hydrogens (tertiary/aromatic N) is 2. The van der Waals surface area contributed by atoms with E-state index in [1.807, 2.05) is 13.8 Å². The van der Waals surface area contributed by atoms with Gasteiger partial charge in [0.2, 0.25) is 0 Å². The van der Waals surface area contributed by atoms with E-state index in [2.05, 4.69) is 10.6 Å². The quantitative estimate of drug-likeness (QED) is 0.682. The van der Waals surface area contributed by atoms with Crippen molar-refractivity contribution in [1.82, 2.24) is 20.4 Å². The van der Waals surface area contributed by atoms with Crippen LogP contribution in [0.3, 0.4) is 0 Å². The van der Waals surface area contributed by atoms with Crippen molar-refractivity contribution in [3.05, 3.63) is 0 Å². The van der Waals surface area contributed by atoms with Crippen LogP contribution in [0.1, 0.15) is 20.3 Å². The summed E-state index contributed by atoms with van der Waals surface area (Å²) in [6, 6.07) is -0.111. The van der Waals surface area contributed by atoms with Gasteiger partial charge in [-0.1, -0.05) is 6.92 Å². The number of urea groups is 2. The predicted octanol–water partition coefficient (Wildman–Crippen LogP) is 0.117. The monoisotopic (exact) mass is 212 g/mol. The average Bonchev–Trinajstić information content (AvgIpc) is 2.66. The third-order valence-electron chi connectivity index (χ3n) is 3.16. The highest BCUT2D eigenvalue weighted by atomic mass is 16.2. The van der Waals surface area contributed by atoms with Gasteiger partial charge in [-0.25, -0.2) is 9.59 Å². The van der Waals surface area contributed by atoms with Crippen molar-refractivity contribution in [2.24, 2.45) is 0 Å². The Morgan fingerprint density at radius 3 is 2.53 bits per heavy atom. The van der Waals surface area contributed by atoms with Gasteiger partial charge in [0, 0.05) is 13.1 Å². The fourth-order valence-electron chi connectivity index (χ4n) is 2.08. The van der Waals surface area contributed by atoms with Gasteiger partial charge in [0.25, 0.3) is 0 Å². The van der Waals surface area contributed by atoms with E-state index < -0.39 is 0 Å². The molecule has 0 spiro atoms. The molecule has 2 aliphatic rings. The average molecular weight is 212 g/mol. The van der Waals surface area contributed by atoms with Crippen LogP contribution in [-0.4, -0.2) is 47.3 Å². The molecule has 0 saturated carbocycles. The molecule has 0 aliphatic carbocycles. The molecule has 15 heavy (non-hydrogen) atoms. The highest BCUT2D eigenvalue weighted by Crippen LogP contribution is 2.24. The maximum Gasteiger partial charge on any atom is 0.323 e. The van der Waals surface area contributed by atoms with E-state index in [0.29, 0.717) is 0 Å². The van der Waals surface area contributed by atoms with Gasteiger partial charge in [0.1, 0.15) is 12.3 Å². The van der Waals surface area contributed by atoms with E-state index in [1.165, 1.54) is 0 Å². The topological polar surface area (TPSA) is 64.7 Å². The Labute approximate surface area is 88.6 Å². The molecule has 2 aliphatic heterocycles.